The van der Waals surface area contributed by atoms with E-state index in [1.54, 1.807) is 0 Å². The number of aliphatic hydroxyl groups is 1. The van der Waals surface area contributed by atoms with Crippen molar-refractivity contribution in [2.24, 2.45) is 5.92 Å². The molecule has 1 aromatic carbocycles. The largest absolute Gasteiger partial charge is 0.489 e. The number of hydrogen-bond donors (Lipinski definition) is 2. The summed E-state index contributed by atoms with van der Waals surface area (Å²) in [6, 6.07) is 8.80. The van der Waals surface area contributed by atoms with E-state index >= 15 is 0 Å². The molecule has 5 heteroatoms. The van der Waals surface area contributed by atoms with Gasteiger partial charge in [-0.05, 0) is 63.1 Å². The number of aryl methyl sites for hydroxylation is 2. The highest BCUT2D eigenvalue weighted by atomic mass is 16.5. The minimum atomic E-state index is 0.335. The van der Waals surface area contributed by atoms with Crippen LogP contribution < -0.4 is 10.1 Å². The zero-order chi connectivity index (χ0) is 17.6. The molecule has 2 aromatic rings. The molecular formula is C20H28N2O3. The quantitative estimate of drug-likeness (QED) is 0.804. The summed E-state index contributed by atoms with van der Waals surface area (Å²) >= 11 is 0. The maximum absolute atomic E-state index is 9.20. The van der Waals surface area contributed by atoms with Crippen LogP contribution in [0, 0.1) is 19.8 Å². The van der Waals surface area contributed by atoms with Crippen LogP contribution in [0.25, 0.3) is 0 Å². The van der Waals surface area contributed by atoms with Crippen LogP contribution in [-0.2, 0) is 13.2 Å². The summed E-state index contributed by atoms with van der Waals surface area (Å²) in [7, 11) is 0. The van der Waals surface area contributed by atoms with Gasteiger partial charge in [0.25, 0.3) is 0 Å². The van der Waals surface area contributed by atoms with Crippen molar-refractivity contribution in [3.05, 3.63) is 46.8 Å². The first kappa shape index (κ1) is 18.0. The Morgan fingerprint density at radius 1 is 1.16 bits per heavy atom. The molecule has 2 N–H and O–H groups in total. The molecule has 1 saturated carbocycles. The molecule has 136 valence electrons. The average Bonchev–Trinajstić information content (AvgIpc) is 2.97. The molecule has 0 spiro atoms. The first-order valence-electron chi connectivity index (χ1n) is 9.13. The van der Waals surface area contributed by atoms with Crippen molar-refractivity contribution in [2.45, 2.75) is 58.7 Å². The summed E-state index contributed by atoms with van der Waals surface area (Å²) < 4.78 is 11.0. The second kappa shape index (κ2) is 8.50. The van der Waals surface area contributed by atoms with Crippen molar-refractivity contribution in [1.82, 2.24) is 10.5 Å². The van der Waals surface area contributed by atoms with Gasteiger partial charge in [-0.1, -0.05) is 17.3 Å². The molecule has 0 aliphatic heterocycles. The van der Waals surface area contributed by atoms with Gasteiger partial charge in [-0.25, -0.2) is 0 Å². The van der Waals surface area contributed by atoms with Crippen LogP contribution in [0.15, 0.2) is 28.8 Å². The molecule has 3 rings (SSSR count). The van der Waals surface area contributed by atoms with Crippen LogP contribution in [0.5, 0.6) is 5.75 Å². The van der Waals surface area contributed by atoms with Gasteiger partial charge in [0, 0.05) is 19.2 Å². The minimum Gasteiger partial charge on any atom is -0.489 e. The maximum atomic E-state index is 9.20. The summed E-state index contributed by atoms with van der Waals surface area (Å²) in [5.74, 6) is 2.17. The Morgan fingerprint density at radius 3 is 2.48 bits per heavy atom. The number of nitrogens with one attached hydrogen (secondary N) is 1. The third-order valence-corrected chi connectivity index (χ3v) is 5.19. The van der Waals surface area contributed by atoms with Crippen LogP contribution >= 0.6 is 0 Å². The van der Waals surface area contributed by atoms with E-state index in [4.69, 9.17) is 9.26 Å². The predicted octanol–water partition coefficient (Wildman–Crippen LogP) is 3.51. The molecule has 1 aliphatic rings. The fourth-order valence-electron chi connectivity index (χ4n) is 3.38. The van der Waals surface area contributed by atoms with Crippen molar-refractivity contribution in [1.29, 1.82) is 0 Å². The van der Waals surface area contributed by atoms with E-state index in [0.717, 1.165) is 55.0 Å². The Labute approximate surface area is 149 Å². The summed E-state index contributed by atoms with van der Waals surface area (Å²) in [6.45, 7) is 5.52. The molecule has 0 amide bonds. The Morgan fingerprint density at radius 2 is 1.88 bits per heavy atom. The van der Waals surface area contributed by atoms with Crippen molar-refractivity contribution in [2.75, 3.05) is 6.61 Å². The fourth-order valence-corrected chi connectivity index (χ4v) is 3.38. The number of aromatic nitrogens is 1. The Balaban J connectivity index is 1.44. The number of aliphatic hydroxyl groups excluding tert-OH is 1. The maximum Gasteiger partial charge on any atom is 0.140 e. The predicted molar refractivity (Wildman–Crippen MR) is 96.4 cm³/mol. The zero-order valence-corrected chi connectivity index (χ0v) is 15.1. The second-order valence-electron chi connectivity index (χ2n) is 7.02. The highest BCUT2D eigenvalue weighted by Crippen LogP contribution is 2.24. The highest BCUT2D eigenvalue weighted by Gasteiger charge is 2.19. The van der Waals surface area contributed by atoms with E-state index < -0.39 is 0 Å². The summed E-state index contributed by atoms with van der Waals surface area (Å²) in [6.07, 6.45) is 4.57. The van der Waals surface area contributed by atoms with Crippen molar-refractivity contribution in [3.63, 3.8) is 0 Å². The Kier molecular flexibility index (Phi) is 6.10. The zero-order valence-electron chi connectivity index (χ0n) is 15.1. The van der Waals surface area contributed by atoms with Gasteiger partial charge in [0.05, 0.1) is 11.3 Å². The number of rotatable bonds is 7. The third kappa shape index (κ3) is 4.83. The molecule has 0 unspecified atom stereocenters. The summed E-state index contributed by atoms with van der Waals surface area (Å²) in [5.41, 5.74) is 3.16. The van der Waals surface area contributed by atoms with Gasteiger partial charge in [0.15, 0.2) is 0 Å². The van der Waals surface area contributed by atoms with Crippen LogP contribution in [0.3, 0.4) is 0 Å². The molecule has 0 radical (unpaired) electrons. The van der Waals surface area contributed by atoms with Crippen molar-refractivity contribution in [3.8, 4) is 5.75 Å². The van der Waals surface area contributed by atoms with Crippen molar-refractivity contribution >= 4 is 0 Å². The summed E-state index contributed by atoms with van der Waals surface area (Å²) in [5, 5.41) is 16.8. The summed E-state index contributed by atoms with van der Waals surface area (Å²) in [4.78, 5) is 0. The standard InChI is InChI=1S/C20H28N2O3/c1-14-20(15(2)25-22-14)13-24-19-9-5-16(6-10-19)11-21-18-7-3-17(12-23)4-8-18/h5-6,9-10,17-18,21,23H,3-4,7-8,11-13H2,1-2H3. The SMILES string of the molecule is Cc1noc(C)c1COc1ccc(CNC2CCC(CO)CC2)cc1. The smallest absolute Gasteiger partial charge is 0.140 e. The molecule has 0 bridgehead atoms. The monoisotopic (exact) mass is 344 g/mol. The lowest BCUT2D eigenvalue weighted by molar-refractivity contribution is 0.175. The lowest BCUT2D eigenvalue weighted by atomic mass is 9.86. The molecule has 1 fully saturated rings. The first-order chi connectivity index (χ1) is 12.2. The first-order valence-corrected chi connectivity index (χ1v) is 9.13. The van der Waals surface area contributed by atoms with Gasteiger partial charge in [0.1, 0.15) is 18.1 Å². The van der Waals surface area contributed by atoms with Crippen LogP contribution in [-0.4, -0.2) is 22.9 Å². The van der Waals surface area contributed by atoms with Gasteiger partial charge in [-0.15, -0.1) is 0 Å². The lowest BCUT2D eigenvalue weighted by Crippen LogP contribution is -2.33. The van der Waals surface area contributed by atoms with Gasteiger partial charge >= 0.3 is 0 Å². The number of nitrogens with zero attached hydrogens (tertiary/aromatic N) is 1. The van der Waals surface area contributed by atoms with E-state index in [0.29, 0.717) is 25.2 Å². The molecule has 1 heterocycles. The Hall–Kier alpha value is -1.85. The molecule has 5 nitrogen and oxygen atoms in total. The molecular weight excluding hydrogens is 316 g/mol. The molecule has 25 heavy (non-hydrogen) atoms. The van der Waals surface area contributed by atoms with Crippen LogP contribution in [0.2, 0.25) is 0 Å². The van der Waals surface area contributed by atoms with E-state index in [9.17, 15) is 5.11 Å². The minimum absolute atomic E-state index is 0.335. The highest BCUT2D eigenvalue weighted by molar-refractivity contribution is 5.28. The van der Waals surface area contributed by atoms with Gasteiger partial charge in [-0.3, -0.25) is 0 Å². The van der Waals surface area contributed by atoms with Crippen molar-refractivity contribution < 1.29 is 14.4 Å². The van der Waals surface area contributed by atoms with Gasteiger partial charge in [0.2, 0.25) is 0 Å². The second-order valence-corrected chi connectivity index (χ2v) is 7.02. The Bertz CT molecular complexity index is 639. The van der Waals surface area contributed by atoms with Crippen LogP contribution in [0.1, 0.15) is 48.3 Å². The van der Waals surface area contributed by atoms with E-state index in [-0.39, 0.29) is 0 Å². The van der Waals surface area contributed by atoms with Gasteiger partial charge < -0.3 is 19.7 Å². The normalized spacial score (nSPS) is 20.6. The number of ether oxygens (including phenoxy) is 1. The molecule has 1 aromatic heterocycles. The number of hydrogen-bond acceptors (Lipinski definition) is 5. The number of benzene rings is 1. The topological polar surface area (TPSA) is 67.5 Å². The fraction of sp³-hybridized carbons (Fsp3) is 0.550. The molecule has 0 atom stereocenters. The van der Waals surface area contributed by atoms with E-state index in [1.807, 2.05) is 26.0 Å². The van der Waals surface area contributed by atoms with E-state index in [2.05, 4.69) is 22.6 Å². The van der Waals surface area contributed by atoms with Gasteiger partial charge in [-0.2, -0.15) is 0 Å². The average molecular weight is 344 g/mol. The molecule has 0 saturated heterocycles. The third-order valence-electron chi connectivity index (χ3n) is 5.19. The van der Waals surface area contributed by atoms with Crippen LogP contribution in [0.4, 0.5) is 0 Å². The molecule has 1 aliphatic carbocycles. The lowest BCUT2D eigenvalue weighted by Gasteiger charge is -2.28. The van der Waals surface area contributed by atoms with E-state index in [1.165, 1.54) is 5.56 Å².